The van der Waals surface area contributed by atoms with Crippen molar-refractivity contribution < 1.29 is 0 Å². The molecule has 0 heterocycles. The maximum Gasteiger partial charge on any atom is 0.0638 e. The van der Waals surface area contributed by atoms with Gasteiger partial charge in [-0.2, -0.15) is 10.5 Å². The molecular weight excluding hydrogens is 162 g/mol. The number of hydrogen-bond donors (Lipinski definition) is 0. The van der Waals surface area contributed by atoms with Gasteiger partial charge in [0.1, 0.15) is 0 Å². The van der Waals surface area contributed by atoms with Crippen LogP contribution in [-0.4, -0.2) is 23.5 Å². The second-order valence-corrected chi connectivity index (χ2v) is 3.59. The zero-order chi connectivity index (χ0) is 9.68. The Morgan fingerprint density at radius 2 is 2.08 bits per heavy atom. The Hall–Kier alpha value is -1.06. The molecule has 0 aliphatic heterocycles. The topological polar surface area (TPSA) is 50.8 Å². The number of nitrogens with zero attached hydrogens (tertiary/aromatic N) is 3. The normalized spacial score (nSPS) is 17.8. The van der Waals surface area contributed by atoms with Crippen LogP contribution in [0.2, 0.25) is 0 Å². The van der Waals surface area contributed by atoms with Crippen molar-refractivity contribution in [2.24, 2.45) is 0 Å². The van der Waals surface area contributed by atoms with Gasteiger partial charge in [0.25, 0.3) is 0 Å². The van der Waals surface area contributed by atoms with Gasteiger partial charge >= 0.3 is 0 Å². The molecule has 0 N–H and O–H groups in total. The maximum atomic E-state index is 8.57. The molecule has 0 aromatic rings. The van der Waals surface area contributed by atoms with E-state index in [0.717, 1.165) is 6.54 Å². The fourth-order valence-corrected chi connectivity index (χ4v) is 1.60. The van der Waals surface area contributed by atoms with Crippen molar-refractivity contribution in [3.63, 3.8) is 0 Å². The Labute approximate surface area is 79.6 Å². The standard InChI is InChI=1S/C10H15N3/c1-9(5-7-12)13(8-2-6-11)10-3-4-10/h9-10H,2-5,8H2,1H3. The van der Waals surface area contributed by atoms with Crippen LogP contribution in [0.1, 0.15) is 32.6 Å². The summed E-state index contributed by atoms with van der Waals surface area (Å²) in [6.45, 7) is 2.89. The molecule has 70 valence electrons. The molecule has 1 saturated carbocycles. The average molecular weight is 177 g/mol. The predicted octanol–water partition coefficient (Wildman–Crippen LogP) is 1.67. The summed E-state index contributed by atoms with van der Waals surface area (Å²) >= 11 is 0. The summed E-state index contributed by atoms with van der Waals surface area (Å²) in [5.74, 6) is 0. The van der Waals surface area contributed by atoms with E-state index in [9.17, 15) is 0 Å². The SMILES string of the molecule is CC(CC#N)N(CCC#N)C1CC1. The summed E-state index contributed by atoms with van der Waals surface area (Å²) in [5.41, 5.74) is 0. The van der Waals surface area contributed by atoms with E-state index in [0.29, 0.717) is 24.9 Å². The predicted molar refractivity (Wildman–Crippen MR) is 49.7 cm³/mol. The first-order valence-electron chi connectivity index (χ1n) is 4.79. The molecule has 0 bridgehead atoms. The summed E-state index contributed by atoms with van der Waals surface area (Å²) in [5, 5.41) is 17.1. The molecule has 1 aliphatic carbocycles. The highest BCUT2D eigenvalue weighted by Gasteiger charge is 2.31. The van der Waals surface area contributed by atoms with Crippen molar-refractivity contribution in [1.82, 2.24) is 4.90 Å². The highest BCUT2D eigenvalue weighted by molar-refractivity contribution is 4.91. The Morgan fingerprint density at radius 1 is 1.38 bits per heavy atom. The van der Waals surface area contributed by atoms with E-state index in [1.165, 1.54) is 12.8 Å². The summed E-state index contributed by atoms with van der Waals surface area (Å²) in [7, 11) is 0. The van der Waals surface area contributed by atoms with E-state index in [1.807, 2.05) is 0 Å². The van der Waals surface area contributed by atoms with Crippen LogP contribution in [0.5, 0.6) is 0 Å². The minimum absolute atomic E-state index is 0.311. The van der Waals surface area contributed by atoms with Crippen LogP contribution < -0.4 is 0 Å². The van der Waals surface area contributed by atoms with Gasteiger partial charge in [-0.15, -0.1) is 0 Å². The first-order valence-corrected chi connectivity index (χ1v) is 4.79. The smallest absolute Gasteiger partial charge is 0.0638 e. The van der Waals surface area contributed by atoms with E-state index in [2.05, 4.69) is 24.0 Å². The van der Waals surface area contributed by atoms with Crippen LogP contribution in [0, 0.1) is 22.7 Å². The lowest BCUT2D eigenvalue weighted by Crippen LogP contribution is -2.35. The van der Waals surface area contributed by atoms with Gasteiger partial charge in [-0.3, -0.25) is 4.90 Å². The molecule has 0 saturated heterocycles. The Morgan fingerprint density at radius 3 is 2.54 bits per heavy atom. The van der Waals surface area contributed by atoms with Crippen molar-refractivity contribution in [3.05, 3.63) is 0 Å². The van der Waals surface area contributed by atoms with Crippen molar-refractivity contribution in [2.45, 2.75) is 44.7 Å². The van der Waals surface area contributed by atoms with E-state index in [1.54, 1.807) is 0 Å². The van der Waals surface area contributed by atoms with E-state index in [4.69, 9.17) is 10.5 Å². The van der Waals surface area contributed by atoms with Crippen molar-refractivity contribution >= 4 is 0 Å². The molecule has 0 aromatic carbocycles. The van der Waals surface area contributed by atoms with Crippen LogP contribution in [0.3, 0.4) is 0 Å². The van der Waals surface area contributed by atoms with E-state index >= 15 is 0 Å². The van der Waals surface area contributed by atoms with Gasteiger partial charge < -0.3 is 0 Å². The molecule has 3 heteroatoms. The number of nitriles is 2. The van der Waals surface area contributed by atoms with Crippen LogP contribution in [-0.2, 0) is 0 Å². The molecule has 1 aliphatic rings. The molecule has 1 unspecified atom stereocenters. The van der Waals surface area contributed by atoms with Crippen molar-refractivity contribution in [3.8, 4) is 12.1 Å². The molecule has 0 radical (unpaired) electrons. The molecule has 13 heavy (non-hydrogen) atoms. The van der Waals surface area contributed by atoms with Gasteiger partial charge in [0.15, 0.2) is 0 Å². The summed E-state index contributed by atoms with van der Waals surface area (Å²) in [6, 6.07) is 5.30. The zero-order valence-corrected chi connectivity index (χ0v) is 8.03. The molecule has 1 atom stereocenters. The van der Waals surface area contributed by atoms with Crippen LogP contribution in [0.4, 0.5) is 0 Å². The van der Waals surface area contributed by atoms with Gasteiger partial charge in [0.2, 0.25) is 0 Å². The summed E-state index contributed by atoms with van der Waals surface area (Å²) in [6.07, 6.45) is 3.62. The van der Waals surface area contributed by atoms with Crippen molar-refractivity contribution in [1.29, 1.82) is 10.5 Å². The lowest BCUT2D eigenvalue weighted by molar-refractivity contribution is 0.205. The second kappa shape index (κ2) is 4.84. The Bertz CT molecular complexity index is 232. The molecule has 1 fully saturated rings. The lowest BCUT2D eigenvalue weighted by Gasteiger charge is -2.26. The van der Waals surface area contributed by atoms with E-state index < -0.39 is 0 Å². The molecule has 3 nitrogen and oxygen atoms in total. The number of rotatable bonds is 5. The van der Waals surface area contributed by atoms with E-state index in [-0.39, 0.29) is 0 Å². The van der Waals surface area contributed by atoms with Gasteiger partial charge in [-0.1, -0.05) is 0 Å². The van der Waals surface area contributed by atoms with Crippen LogP contribution in [0.15, 0.2) is 0 Å². The lowest BCUT2D eigenvalue weighted by atomic mass is 10.2. The summed E-state index contributed by atoms with van der Waals surface area (Å²) < 4.78 is 0. The maximum absolute atomic E-state index is 8.57. The van der Waals surface area contributed by atoms with Gasteiger partial charge in [-0.05, 0) is 19.8 Å². The first kappa shape index (κ1) is 10.0. The minimum atomic E-state index is 0.311. The van der Waals surface area contributed by atoms with Gasteiger partial charge in [-0.25, -0.2) is 0 Å². The largest absolute Gasteiger partial charge is 0.296 e. The molecule has 0 spiro atoms. The Kier molecular flexibility index (Phi) is 3.73. The first-order chi connectivity index (χ1) is 6.29. The fourth-order valence-electron chi connectivity index (χ4n) is 1.60. The minimum Gasteiger partial charge on any atom is -0.296 e. The molecule has 0 aromatic heterocycles. The molecular formula is C10H15N3. The third kappa shape index (κ3) is 3.05. The second-order valence-electron chi connectivity index (χ2n) is 3.59. The van der Waals surface area contributed by atoms with Gasteiger partial charge in [0, 0.05) is 25.0 Å². The van der Waals surface area contributed by atoms with Crippen LogP contribution in [0.25, 0.3) is 0 Å². The zero-order valence-electron chi connectivity index (χ0n) is 8.03. The Balaban J connectivity index is 2.38. The highest BCUT2D eigenvalue weighted by Crippen LogP contribution is 2.29. The summed E-state index contributed by atoms with van der Waals surface area (Å²) in [4.78, 5) is 2.30. The quantitative estimate of drug-likeness (QED) is 0.641. The number of hydrogen-bond acceptors (Lipinski definition) is 3. The molecule has 0 amide bonds. The van der Waals surface area contributed by atoms with Gasteiger partial charge in [0.05, 0.1) is 18.6 Å². The highest BCUT2D eigenvalue weighted by atomic mass is 15.2. The third-order valence-corrected chi connectivity index (χ3v) is 2.45. The fraction of sp³-hybridized carbons (Fsp3) is 0.800. The average Bonchev–Trinajstić information content (AvgIpc) is 2.89. The van der Waals surface area contributed by atoms with Crippen molar-refractivity contribution in [2.75, 3.05) is 6.54 Å². The third-order valence-electron chi connectivity index (χ3n) is 2.45. The molecule has 1 rings (SSSR count). The monoisotopic (exact) mass is 177 g/mol. The van der Waals surface area contributed by atoms with Crippen LogP contribution >= 0.6 is 0 Å².